The van der Waals surface area contributed by atoms with E-state index < -0.39 is 0 Å². The molecule has 0 atom stereocenters. The molecule has 0 radical (unpaired) electrons. The van der Waals surface area contributed by atoms with Gasteiger partial charge in [-0.2, -0.15) is 0 Å². The normalized spacial score (nSPS) is 17.0. The van der Waals surface area contributed by atoms with E-state index in [1.807, 2.05) is 6.07 Å². The van der Waals surface area contributed by atoms with Crippen LogP contribution in [0.15, 0.2) is 41.8 Å². The number of piperazine rings is 1. The van der Waals surface area contributed by atoms with Crippen LogP contribution >= 0.6 is 11.3 Å². The van der Waals surface area contributed by atoms with Crippen LogP contribution in [0.5, 0.6) is 5.75 Å². The molecule has 1 aromatic heterocycles. The largest absolute Gasteiger partial charge is 0.492 e. The number of ether oxygens (including phenoxy) is 1. The van der Waals surface area contributed by atoms with E-state index in [0.717, 1.165) is 45.1 Å². The van der Waals surface area contributed by atoms with Gasteiger partial charge in [-0.1, -0.05) is 18.2 Å². The van der Waals surface area contributed by atoms with Gasteiger partial charge in [-0.3, -0.25) is 4.90 Å². The molecule has 0 spiro atoms. The van der Waals surface area contributed by atoms with Gasteiger partial charge in [0.25, 0.3) is 0 Å². The predicted octanol–water partition coefficient (Wildman–Crippen LogP) is 3.04. The summed E-state index contributed by atoms with van der Waals surface area (Å²) in [6.07, 6.45) is 0. The van der Waals surface area contributed by atoms with E-state index in [1.54, 1.807) is 11.3 Å². The average Bonchev–Trinajstić information content (AvgIpc) is 3.04. The fourth-order valence-electron chi connectivity index (χ4n) is 2.55. The number of hydrogen-bond acceptors (Lipinski definition) is 4. The van der Waals surface area contributed by atoms with E-state index >= 15 is 0 Å². The Bertz CT molecular complexity index is 548. The smallest absolute Gasteiger partial charge is 0.120 e. The average molecular weight is 302 g/mol. The Balaban J connectivity index is 1.50. The van der Waals surface area contributed by atoms with Gasteiger partial charge < -0.3 is 9.64 Å². The molecule has 21 heavy (non-hydrogen) atoms. The molecule has 4 heteroatoms. The Hall–Kier alpha value is -1.36. The lowest BCUT2D eigenvalue weighted by Crippen LogP contribution is -2.45. The lowest BCUT2D eigenvalue weighted by molar-refractivity contribution is 0.134. The van der Waals surface area contributed by atoms with Crippen LogP contribution in [-0.4, -0.2) is 56.2 Å². The Morgan fingerprint density at radius 1 is 1.10 bits per heavy atom. The van der Waals surface area contributed by atoms with Crippen molar-refractivity contribution in [2.24, 2.45) is 0 Å². The number of thiophene rings is 1. The number of nitrogens with zero attached hydrogens (tertiary/aromatic N) is 2. The van der Waals surface area contributed by atoms with Gasteiger partial charge in [0.05, 0.1) is 0 Å². The SMILES string of the molecule is CN1CCN(CCOc2cccc(-c3cccs3)c2)CC1. The van der Waals surface area contributed by atoms with Crippen LogP contribution in [0.3, 0.4) is 0 Å². The summed E-state index contributed by atoms with van der Waals surface area (Å²) in [4.78, 5) is 6.14. The molecule has 1 fully saturated rings. The van der Waals surface area contributed by atoms with Crippen LogP contribution in [-0.2, 0) is 0 Å². The highest BCUT2D eigenvalue weighted by Crippen LogP contribution is 2.27. The van der Waals surface area contributed by atoms with E-state index in [-0.39, 0.29) is 0 Å². The number of rotatable bonds is 5. The Labute approximate surface area is 130 Å². The third-order valence-electron chi connectivity index (χ3n) is 3.91. The molecule has 3 nitrogen and oxygen atoms in total. The molecule has 2 aromatic rings. The molecule has 0 bridgehead atoms. The zero-order valence-corrected chi connectivity index (χ0v) is 13.3. The number of likely N-dealkylation sites (N-methyl/N-ethyl adjacent to an activating group) is 1. The molecule has 1 aromatic carbocycles. The molecule has 112 valence electrons. The molecule has 0 unspecified atom stereocenters. The Morgan fingerprint density at radius 3 is 2.71 bits per heavy atom. The summed E-state index contributed by atoms with van der Waals surface area (Å²) in [5.41, 5.74) is 1.24. The Kier molecular flexibility index (Phi) is 4.91. The second-order valence-corrected chi connectivity index (χ2v) is 6.45. The van der Waals surface area contributed by atoms with Crippen molar-refractivity contribution in [3.63, 3.8) is 0 Å². The van der Waals surface area contributed by atoms with Gasteiger partial charge in [-0.25, -0.2) is 0 Å². The van der Waals surface area contributed by atoms with Crippen molar-refractivity contribution in [3.8, 4) is 16.2 Å². The number of hydrogen-bond donors (Lipinski definition) is 0. The van der Waals surface area contributed by atoms with Crippen LogP contribution in [0.25, 0.3) is 10.4 Å². The van der Waals surface area contributed by atoms with Gasteiger partial charge in [0.2, 0.25) is 0 Å². The molecule has 3 rings (SSSR count). The van der Waals surface area contributed by atoms with Crippen LogP contribution in [0, 0.1) is 0 Å². The highest BCUT2D eigenvalue weighted by atomic mass is 32.1. The first-order valence-corrected chi connectivity index (χ1v) is 8.37. The van der Waals surface area contributed by atoms with Gasteiger partial charge >= 0.3 is 0 Å². The summed E-state index contributed by atoms with van der Waals surface area (Å²) in [6.45, 7) is 6.39. The first-order chi connectivity index (χ1) is 10.3. The van der Waals surface area contributed by atoms with E-state index in [0.29, 0.717) is 0 Å². The van der Waals surface area contributed by atoms with E-state index in [1.165, 1.54) is 10.4 Å². The summed E-state index contributed by atoms with van der Waals surface area (Å²) >= 11 is 1.76. The second kappa shape index (κ2) is 7.07. The van der Waals surface area contributed by atoms with Crippen molar-refractivity contribution in [2.75, 3.05) is 46.4 Å². The molecule has 1 saturated heterocycles. The van der Waals surface area contributed by atoms with Gasteiger partial charge in [0, 0.05) is 37.6 Å². The van der Waals surface area contributed by atoms with E-state index in [4.69, 9.17) is 4.74 Å². The van der Waals surface area contributed by atoms with Crippen molar-refractivity contribution in [3.05, 3.63) is 41.8 Å². The van der Waals surface area contributed by atoms with Gasteiger partial charge in [-0.05, 0) is 36.2 Å². The highest BCUT2D eigenvalue weighted by Gasteiger charge is 2.13. The molecule has 0 amide bonds. The maximum absolute atomic E-state index is 5.92. The van der Waals surface area contributed by atoms with Crippen LogP contribution < -0.4 is 4.74 Å². The minimum absolute atomic E-state index is 0.762. The summed E-state index contributed by atoms with van der Waals surface area (Å²) in [6, 6.07) is 12.6. The Morgan fingerprint density at radius 2 is 1.95 bits per heavy atom. The van der Waals surface area contributed by atoms with E-state index in [9.17, 15) is 0 Å². The fourth-order valence-corrected chi connectivity index (χ4v) is 3.27. The minimum atomic E-state index is 0.762. The van der Waals surface area contributed by atoms with Crippen molar-refractivity contribution in [1.29, 1.82) is 0 Å². The first kappa shape index (κ1) is 14.6. The maximum atomic E-state index is 5.92. The van der Waals surface area contributed by atoms with Gasteiger partial charge in [0.15, 0.2) is 0 Å². The van der Waals surface area contributed by atoms with Gasteiger partial charge in [-0.15, -0.1) is 11.3 Å². The monoisotopic (exact) mass is 302 g/mol. The fraction of sp³-hybridized carbons (Fsp3) is 0.412. The quantitative estimate of drug-likeness (QED) is 0.844. The first-order valence-electron chi connectivity index (χ1n) is 7.49. The zero-order chi connectivity index (χ0) is 14.5. The van der Waals surface area contributed by atoms with Crippen molar-refractivity contribution in [1.82, 2.24) is 9.80 Å². The van der Waals surface area contributed by atoms with Crippen molar-refractivity contribution in [2.45, 2.75) is 0 Å². The summed E-state index contributed by atoms with van der Waals surface area (Å²) in [5, 5.41) is 2.11. The summed E-state index contributed by atoms with van der Waals surface area (Å²) in [5.74, 6) is 0.968. The van der Waals surface area contributed by atoms with E-state index in [2.05, 4.69) is 52.6 Å². The van der Waals surface area contributed by atoms with Crippen molar-refractivity contribution < 1.29 is 4.74 Å². The maximum Gasteiger partial charge on any atom is 0.120 e. The lowest BCUT2D eigenvalue weighted by atomic mass is 10.2. The van der Waals surface area contributed by atoms with Gasteiger partial charge in [0.1, 0.15) is 12.4 Å². The van der Waals surface area contributed by atoms with Crippen LogP contribution in [0.2, 0.25) is 0 Å². The zero-order valence-electron chi connectivity index (χ0n) is 12.5. The second-order valence-electron chi connectivity index (χ2n) is 5.50. The van der Waals surface area contributed by atoms with Crippen LogP contribution in [0.4, 0.5) is 0 Å². The lowest BCUT2D eigenvalue weighted by Gasteiger charge is -2.32. The molecule has 0 aliphatic carbocycles. The van der Waals surface area contributed by atoms with Crippen molar-refractivity contribution >= 4 is 11.3 Å². The molecule has 1 aliphatic rings. The molecular formula is C17H22N2OS. The standard InChI is InChI=1S/C17H22N2OS/c1-18-7-9-19(10-8-18)11-12-20-16-5-2-4-15(14-16)17-6-3-13-21-17/h2-6,13-14H,7-12H2,1H3. The number of benzene rings is 1. The summed E-state index contributed by atoms with van der Waals surface area (Å²) in [7, 11) is 2.18. The minimum Gasteiger partial charge on any atom is -0.492 e. The molecule has 0 saturated carbocycles. The molecule has 0 N–H and O–H groups in total. The summed E-state index contributed by atoms with van der Waals surface area (Å²) < 4.78 is 5.92. The predicted molar refractivity (Wildman–Crippen MR) is 89.2 cm³/mol. The third-order valence-corrected chi connectivity index (χ3v) is 4.83. The topological polar surface area (TPSA) is 15.7 Å². The molecule has 2 heterocycles. The third kappa shape index (κ3) is 4.06. The molecular weight excluding hydrogens is 280 g/mol. The van der Waals surface area contributed by atoms with Crippen LogP contribution in [0.1, 0.15) is 0 Å². The molecule has 1 aliphatic heterocycles. The highest BCUT2D eigenvalue weighted by molar-refractivity contribution is 7.13.